The molecule has 1 aromatic carbocycles. The third-order valence-electron chi connectivity index (χ3n) is 2.80. The van der Waals surface area contributed by atoms with Crippen LogP contribution in [-0.2, 0) is 4.79 Å². The molecule has 1 aromatic rings. The van der Waals surface area contributed by atoms with Crippen LogP contribution in [-0.4, -0.2) is 29.8 Å². The minimum Gasteiger partial charge on any atom is -0.475 e. The largest absolute Gasteiger partial charge is 0.490 e. The number of rotatable bonds is 1. The van der Waals surface area contributed by atoms with Gasteiger partial charge in [0, 0.05) is 12.6 Å². The molecule has 2 rings (SSSR count). The lowest BCUT2D eigenvalue weighted by molar-refractivity contribution is -0.192. The van der Waals surface area contributed by atoms with Crippen LogP contribution in [0, 0.1) is 5.82 Å². The van der Waals surface area contributed by atoms with Gasteiger partial charge >= 0.3 is 12.1 Å². The van der Waals surface area contributed by atoms with E-state index in [1.54, 1.807) is 0 Å². The van der Waals surface area contributed by atoms with Gasteiger partial charge < -0.3 is 10.4 Å². The van der Waals surface area contributed by atoms with Crippen LogP contribution in [0.5, 0.6) is 0 Å². The summed E-state index contributed by atoms with van der Waals surface area (Å²) >= 11 is 0. The number of aliphatic carboxylic acids is 1. The molecule has 1 aliphatic rings. The maximum atomic E-state index is 12.7. The smallest absolute Gasteiger partial charge is 0.475 e. The number of carboxylic acid groups (broad SMARTS) is 1. The second kappa shape index (κ2) is 7.21. The number of carbonyl (C=O) groups is 1. The molecule has 0 spiro atoms. The average molecular weight is 305 g/mol. The first-order chi connectivity index (χ1) is 9.70. The highest BCUT2D eigenvalue weighted by molar-refractivity contribution is 5.73. The van der Waals surface area contributed by atoms with E-state index in [1.165, 1.54) is 17.7 Å². The van der Waals surface area contributed by atoms with Gasteiger partial charge in [0.25, 0.3) is 0 Å². The van der Waals surface area contributed by atoms with E-state index in [0.29, 0.717) is 6.04 Å². The van der Waals surface area contributed by atoms with Crippen molar-refractivity contribution in [3.05, 3.63) is 41.7 Å². The fraction of sp³-hybridized carbons (Fsp3) is 0.357. The van der Waals surface area contributed by atoms with Crippen molar-refractivity contribution >= 4 is 11.5 Å². The molecule has 0 amide bonds. The van der Waals surface area contributed by atoms with Crippen LogP contribution in [0.2, 0.25) is 0 Å². The highest BCUT2D eigenvalue weighted by atomic mass is 19.4. The number of hydrogen-bond acceptors (Lipinski definition) is 2. The van der Waals surface area contributed by atoms with Crippen molar-refractivity contribution in [2.24, 2.45) is 0 Å². The van der Waals surface area contributed by atoms with Crippen LogP contribution in [0.1, 0.15) is 18.9 Å². The minimum absolute atomic E-state index is 0.170. The molecule has 1 unspecified atom stereocenters. The maximum absolute atomic E-state index is 12.7. The highest BCUT2D eigenvalue weighted by Crippen LogP contribution is 2.22. The Hall–Kier alpha value is -1.89. The number of carboxylic acids is 1. The Bertz CT molecular complexity index is 509. The third kappa shape index (κ3) is 5.95. The van der Waals surface area contributed by atoms with E-state index in [1.807, 2.05) is 12.1 Å². The summed E-state index contributed by atoms with van der Waals surface area (Å²) in [5, 5.41) is 10.5. The van der Waals surface area contributed by atoms with Crippen LogP contribution in [0.15, 0.2) is 30.3 Å². The topological polar surface area (TPSA) is 49.3 Å². The van der Waals surface area contributed by atoms with E-state index in [9.17, 15) is 17.6 Å². The molecule has 0 radical (unpaired) electrons. The van der Waals surface area contributed by atoms with Gasteiger partial charge in [-0.2, -0.15) is 13.2 Å². The van der Waals surface area contributed by atoms with Gasteiger partial charge in [0.05, 0.1) is 0 Å². The summed E-state index contributed by atoms with van der Waals surface area (Å²) < 4.78 is 44.4. The molecule has 116 valence electrons. The second-order valence-corrected chi connectivity index (χ2v) is 4.55. The van der Waals surface area contributed by atoms with Crippen molar-refractivity contribution in [3.8, 4) is 0 Å². The van der Waals surface area contributed by atoms with Crippen LogP contribution < -0.4 is 5.32 Å². The predicted octanol–water partition coefficient (Wildman–Crippen LogP) is 3.22. The number of halogens is 4. The average Bonchev–Trinajstić information content (AvgIpc) is 2.39. The molecular formula is C14H15F4NO2. The van der Waals surface area contributed by atoms with E-state index in [2.05, 4.69) is 18.3 Å². The molecule has 0 saturated heterocycles. The van der Waals surface area contributed by atoms with Crippen molar-refractivity contribution in [2.75, 3.05) is 6.54 Å². The van der Waals surface area contributed by atoms with Crippen molar-refractivity contribution in [1.82, 2.24) is 5.32 Å². The summed E-state index contributed by atoms with van der Waals surface area (Å²) in [6, 6.07) is 7.24. The quantitative estimate of drug-likeness (QED) is 0.783. The molecule has 7 heteroatoms. The lowest BCUT2D eigenvalue weighted by Crippen LogP contribution is -2.29. The molecule has 0 fully saturated rings. The van der Waals surface area contributed by atoms with Crippen LogP contribution in [0.4, 0.5) is 17.6 Å². The summed E-state index contributed by atoms with van der Waals surface area (Å²) in [6.45, 7) is 3.07. The van der Waals surface area contributed by atoms with E-state index in [-0.39, 0.29) is 5.82 Å². The SMILES string of the molecule is CC1CC(c2ccc(F)cc2)=CCN1.O=C(O)C(F)(F)F. The summed E-state index contributed by atoms with van der Waals surface area (Å²) in [5.41, 5.74) is 2.45. The Kier molecular flexibility index (Phi) is 5.90. The van der Waals surface area contributed by atoms with Gasteiger partial charge in [-0.05, 0) is 36.6 Å². The van der Waals surface area contributed by atoms with Crippen LogP contribution in [0.25, 0.3) is 5.57 Å². The lowest BCUT2D eigenvalue weighted by Gasteiger charge is -2.20. The predicted molar refractivity (Wildman–Crippen MR) is 70.1 cm³/mol. The van der Waals surface area contributed by atoms with Gasteiger partial charge in [0.1, 0.15) is 5.82 Å². The van der Waals surface area contributed by atoms with Gasteiger partial charge in [-0.15, -0.1) is 0 Å². The molecule has 21 heavy (non-hydrogen) atoms. The van der Waals surface area contributed by atoms with Crippen molar-refractivity contribution in [3.63, 3.8) is 0 Å². The van der Waals surface area contributed by atoms with Crippen LogP contribution >= 0.6 is 0 Å². The summed E-state index contributed by atoms with van der Waals surface area (Å²) in [5.74, 6) is -2.93. The zero-order chi connectivity index (χ0) is 16.0. The van der Waals surface area contributed by atoms with Gasteiger partial charge in [0.15, 0.2) is 0 Å². The molecule has 1 atom stereocenters. The zero-order valence-corrected chi connectivity index (χ0v) is 11.2. The van der Waals surface area contributed by atoms with Crippen LogP contribution in [0.3, 0.4) is 0 Å². The zero-order valence-electron chi connectivity index (χ0n) is 11.2. The second-order valence-electron chi connectivity index (χ2n) is 4.55. The number of nitrogens with one attached hydrogen (secondary N) is 1. The molecular weight excluding hydrogens is 290 g/mol. The molecule has 0 aliphatic carbocycles. The molecule has 1 aliphatic heterocycles. The molecule has 0 saturated carbocycles. The Morgan fingerprint density at radius 1 is 1.29 bits per heavy atom. The minimum atomic E-state index is -5.08. The Balaban J connectivity index is 0.000000270. The highest BCUT2D eigenvalue weighted by Gasteiger charge is 2.38. The first-order valence-electron chi connectivity index (χ1n) is 6.18. The van der Waals surface area contributed by atoms with E-state index in [4.69, 9.17) is 9.90 Å². The van der Waals surface area contributed by atoms with E-state index < -0.39 is 12.1 Å². The number of alkyl halides is 3. The first kappa shape index (κ1) is 17.2. The molecule has 0 aromatic heterocycles. The third-order valence-corrected chi connectivity index (χ3v) is 2.80. The number of benzene rings is 1. The normalized spacial score (nSPS) is 18.3. The van der Waals surface area contributed by atoms with Crippen molar-refractivity contribution < 1.29 is 27.5 Å². The lowest BCUT2D eigenvalue weighted by atomic mass is 9.96. The fourth-order valence-corrected chi connectivity index (χ4v) is 1.77. The van der Waals surface area contributed by atoms with Gasteiger partial charge in [-0.25, -0.2) is 9.18 Å². The number of hydrogen-bond donors (Lipinski definition) is 2. The van der Waals surface area contributed by atoms with Crippen molar-refractivity contribution in [1.29, 1.82) is 0 Å². The monoisotopic (exact) mass is 305 g/mol. The summed E-state index contributed by atoms with van der Waals surface area (Å²) in [7, 11) is 0. The van der Waals surface area contributed by atoms with Gasteiger partial charge in [0.2, 0.25) is 0 Å². The molecule has 1 heterocycles. The van der Waals surface area contributed by atoms with Gasteiger partial charge in [-0.3, -0.25) is 0 Å². The standard InChI is InChI=1S/C12H14FN.C2HF3O2/c1-9-8-11(6-7-14-9)10-2-4-12(13)5-3-10;3-2(4,5)1(6)7/h2-6,9,14H,7-8H2,1H3;(H,6,7). The fourth-order valence-electron chi connectivity index (χ4n) is 1.77. The van der Waals surface area contributed by atoms with Crippen molar-refractivity contribution in [2.45, 2.75) is 25.6 Å². The molecule has 0 bridgehead atoms. The Morgan fingerprint density at radius 3 is 2.24 bits per heavy atom. The van der Waals surface area contributed by atoms with E-state index in [0.717, 1.165) is 18.5 Å². The Labute approximate surface area is 119 Å². The Morgan fingerprint density at radius 2 is 1.81 bits per heavy atom. The summed E-state index contributed by atoms with van der Waals surface area (Å²) in [6.07, 6.45) is -1.89. The summed E-state index contributed by atoms with van der Waals surface area (Å²) in [4.78, 5) is 8.90. The first-order valence-corrected chi connectivity index (χ1v) is 6.18. The molecule has 2 N–H and O–H groups in total. The van der Waals surface area contributed by atoms with Gasteiger partial charge in [-0.1, -0.05) is 18.2 Å². The maximum Gasteiger partial charge on any atom is 0.490 e. The molecule has 3 nitrogen and oxygen atoms in total. The van der Waals surface area contributed by atoms with E-state index >= 15 is 0 Å².